The predicted molar refractivity (Wildman–Crippen MR) is 90.1 cm³/mol. The Morgan fingerprint density at radius 1 is 1.08 bits per heavy atom. The average molecular weight is 325 g/mol. The van der Waals surface area contributed by atoms with Crippen LogP contribution in [-0.2, 0) is 6.42 Å². The molecule has 0 spiro atoms. The van der Waals surface area contributed by atoms with Crippen molar-refractivity contribution in [3.8, 4) is 0 Å². The molecule has 5 nitrogen and oxygen atoms in total. The summed E-state index contributed by atoms with van der Waals surface area (Å²) in [6.45, 7) is 0. The van der Waals surface area contributed by atoms with Gasteiger partial charge in [0, 0.05) is 18.4 Å². The monoisotopic (exact) mass is 325 g/mol. The summed E-state index contributed by atoms with van der Waals surface area (Å²) in [6.07, 6.45) is 6.34. The Hall–Kier alpha value is -2.34. The molecule has 1 saturated carbocycles. The summed E-state index contributed by atoms with van der Waals surface area (Å²) >= 11 is 0. The summed E-state index contributed by atoms with van der Waals surface area (Å²) in [5, 5.41) is 0. The summed E-state index contributed by atoms with van der Waals surface area (Å²) in [5.41, 5.74) is 9.49. The molecule has 1 fully saturated rings. The maximum absolute atomic E-state index is 13.1. The molecule has 0 amide bonds. The fourth-order valence-corrected chi connectivity index (χ4v) is 3.40. The van der Waals surface area contributed by atoms with E-state index in [1.165, 1.54) is 12.1 Å². The van der Waals surface area contributed by atoms with Crippen LogP contribution in [0.4, 0.5) is 4.39 Å². The third kappa shape index (κ3) is 3.01. The Morgan fingerprint density at radius 3 is 2.58 bits per heavy atom. The first-order valence-electron chi connectivity index (χ1n) is 8.39. The minimum Gasteiger partial charge on any atom is -0.342 e. The number of aromatic nitrogens is 4. The van der Waals surface area contributed by atoms with Crippen LogP contribution in [0.25, 0.3) is 11.2 Å². The number of fused-ring (bicyclic) bond motifs is 1. The Morgan fingerprint density at radius 2 is 1.83 bits per heavy atom. The number of nitrogens with two attached hydrogens (primary N) is 1. The third-order valence-electron chi connectivity index (χ3n) is 4.80. The molecule has 0 saturated heterocycles. The van der Waals surface area contributed by atoms with Crippen LogP contribution in [0, 0.1) is 5.82 Å². The van der Waals surface area contributed by atoms with E-state index in [1.54, 1.807) is 18.5 Å². The van der Waals surface area contributed by atoms with Crippen molar-refractivity contribution in [1.82, 2.24) is 19.9 Å². The molecule has 6 heteroatoms. The average Bonchev–Trinajstić information content (AvgIpc) is 3.06. The van der Waals surface area contributed by atoms with E-state index in [4.69, 9.17) is 10.7 Å². The fraction of sp³-hybridized carbons (Fsp3) is 0.389. The van der Waals surface area contributed by atoms with E-state index in [0.29, 0.717) is 24.0 Å². The molecule has 2 heterocycles. The Labute approximate surface area is 139 Å². The number of rotatable bonds is 3. The van der Waals surface area contributed by atoms with Crippen LogP contribution in [-0.4, -0.2) is 26.0 Å². The quantitative estimate of drug-likeness (QED) is 0.775. The molecule has 2 aromatic heterocycles. The van der Waals surface area contributed by atoms with Gasteiger partial charge in [-0.1, -0.05) is 12.1 Å². The first kappa shape index (κ1) is 15.2. The number of nitrogens with zero attached hydrogens (tertiary/aromatic N) is 3. The predicted octanol–water partition coefficient (Wildman–Crippen LogP) is 3.07. The zero-order chi connectivity index (χ0) is 16.5. The van der Waals surface area contributed by atoms with Crippen molar-refractivity contribution in [3.63, 3.8) is 0 Å². The van der Waals surface area contributed by atoms with Crippen molar-refractivity contribution in [3.05, 3.63) is 53.5 Å². The van der Waals surface area contributed by atoms with Crippen LogP contribution in [0.2, 0.25) is 0 Å². The molecule has 0 atom stereocenters. The lowest BCUT2D eigenvalue weighted by Crippen LogP contribution is -2.26. The van der Waals surface area contributed by atoms with E-state index in [9.17, 15) is 4.39 Å². The smallest absolute Gasteiger partial charge is 0.181 e. The Kier molecular flexibility index (Phi) is 3.98. The number of hydrogen-bond donors (Lipinski definition) is 2. The van der Waals surface area contributed by atoms with E-state index in [1.807, 2.05) is 0 Å². The molecule has 0 aliphatic heterocycles. The number of aromatic amines is 1. The van der Waals surface area contributed by atoms with Gasteiger partial charge in [0.05, 0.1) is 12.0 Å². The van der Waals surface area contributed by atoms with Gasteiger partial charge in [0.25, 0.3) is 0 Å². The molecule has 0 radical (unpaired) electrons. The molecule has 1 aliphatic rings. The first-order chi connectivity index (χ1) is 11.7. The highest BCUT2D eigenvalue weighted by molar-refractivity contribution is 5.73. The highest BCUT2D eigenvalue weighted by Crippen LogP contribution is 2.31. The molecule has 3 aromatic rings. The second-order valence-corrected chi connectivity index (χ2v) is 6.54. The fourth-order valence-electron chi connectivity index (χ4n) is 3.40. The SMILES string of the molecule is NC1CCC(c2nc(Cc3ccc(F)cc3)c3[nH]cnc3n2)CC1. The van der Waals surface area contributed by atoms with E-state index >= 15 is 0 Å². The number of H-pyrrole nitrogens is 1. The van der Waals surface area contributed by atoms with Gasteiger partial charge in [0.1, 0.15) is 17.2 Å². The van der Waals surface area contributed by atoms with E-state index in [-0.39, 0.29) is 5.82 Å². The van der Waals surface area contributed by atoms with Crippen LogP contribution in [0.1, 0.15) is 48.7 Å². The summed E-state index contributed by atoms with van der Waals surface area (Å²) < 4.78 is 13.1. The van der Waals surface area contributed by atoms with Crippen molar-refractivity contribution >= 4 is 11.2 Å². The second-order valence-electron chi connectivity index (χ2n) is 6.54. The number of imidazole rings is 1. The van der Waals surface area contributed by atoms with E-state index < -0.39 is 0 Å². The number of hydrogen-bond acceptors (Lipinski definition) is 4. The Bertz CT molecular complexity index is 834. The maximum atomic E-state index is 13.1. The lowest BCUT2D eigenvalue weighted by Gasteiger charge is -2.25. The number of benzene rings is 1. The van der Waals surface area contributed by atoms with Gasteiger partial charge in [0.2, 0.25) is 0 Å². The van der Waals surface area contributed by atoms with Gasteiger partial charge < -0.3 is 10.7 Å². The molecule has 0 bridgehead atoms. The highest BCUT2D eigenvalue weighted by atomic mass is 19.1. The maximum Gasteiger partial charge on any atom is 0.181 e. The molecule has 1 aromatic carbocycles. The summed E-state index contributed by atoms with van der Waals surface area (Å²) in [6, 6.07) is 6.83. The lowest BCUT2D eigenvalue weighted by atomic mass is 9.86. The standard InChI is InChI=1S/C18H20FN5/c19-13-5-1-11(2-6-13)9-15-16-18(22-10-21-16)24-17(23-15)12-3-7-14(20)8-4-12/h1-2,5-6,10,12,14H,3-4,7-9,20H2,(H,21,22,23,24). The number of halogens is 1. The Balaban J connectivity index is 1.68. The minimum absolute atomic E-state index is 0.229. The van der Waals surface area contributed by atoms with Crippen LogP contribution in [0.15, 0.2) is 30.6 Å². The van der Waals surface area contributed by atoms with Crippen molar-refractivity contribution in [1.29, 1.82) is 0 Å². The van der Waals surface area contributed by atoms with Crippen LogP contribution >= 0.6 is 0 Å². The highest BCUT2D eigenvalue weighted by Gasteiger charge is 2.23. The van der Waals surface area contributed by atoms with Gasteiger partial charge in [-0.2, -0.15) is 0 Å². The van der Waals surface area contributed by atoms with Crippen molar-refractivity contribution in [2.45, 2.75) is 44.1 Å². The largest absolute Gasteiger partial charge is 0.342 e. The van der Waals surface area contributed by atoms with Crippen LogP contribution in [0.5, 0.6) is 0 Å². The van der Waals surface area contributed by atoms with Crippen LogP contribution < -0.4 is 5.73 Å². The first-order valence-corrected chi connectivity index (χ1v) is 8.39. The zero-order valence-corrected chi connectivity index (χ0v) is 13.4. The minimum atomic E-state index is -0.229. The van der Waals surface area contributed by atoms with Gasteiger partial charge in [-0.05, 0) is 43.4 Å². The number of nitrogens with one attached hydrogen (secondary N) is 1. The molecule has 3 N–H and O–H groups in total. The molecule has 0 unspecified atom stereocenters. The molecular weight excluding hydrogens is 305 g/mol. The van der Waals surface area contributed by atoms with E-state index in [0.717, 1.165) is 48.3 Å². The van der Waals surface area contributed by atoms with E-state index in [2.05, 4.69) is 15.0 Å². The zero-order valence-electron chi connectivity index (χ0n) is 13.4. The summed E-state index contributed by atoms with van der Waals surface area (Å²) in [7, 11) is 0. The van der Waals surface area contributed by atoms with Crippen molar-refractivity contribution in [2.24, 2.45) is 5.73 Å². The normalized spacial score (nSPS) is 21.2. The van der Waals surface area contributed by atoms with Crippen molar-refractivity contribution < 1.29 is 4.39 Å². The van der Waals surface area contributed by atoms with Crippen molar-refractivity contribution in [2.75, 3.05) is 0 Å². The van der Waals surface area contributed by atoms with Gasteiger partial charge in [0.15, 0.2) is 5.65 Å². The molecule has 24 heavy (non-hydrogen) atoms. The molecule has 124 valence electrons. The lowest BCUT2D eigenvalue weighted by molar-refractivity contribution is 0.385. The van der Waals surface area contributed by atoms with Gasteiger partial charge >= 0.3 is 0 Å². The third-order valence-corrected chi connectivity index (χ3v) is 4.80. The van der Waals surface area contributed by atoms with Crippen LogP contribution in [0.3, 0.4) is 0 Å². The molecule has 4 rings (SSSR count). The summed E-state index contributed by atoms with van der Waals surface area (Å²) in [5.74, 6) is 0.976. The topological polar surface area (TPSA) is 80.5 Å². The second kappa shape index (κ2) is 6.28. The van der Waals surface area contributed by atoms with Gasteiger partial charge in [-0.3, -0.25) is 0 Å². The van der Waals surface area contributed by atoms with Gasteiger partial charge in [-0.15, -0.1) is 0 Å². The summed E-state index contributed by atoms with van der Waals surface area (Å²) in [4.78, 5) is 16.9. The molecular formula is C18H20FN5. The molecule has 1 aliphatic carbocycles. The van der Waals surface area contributed by atoms with Gasteiger partial charge in [-0.25, -0.2) is 19.3 Å².